The van der Waals surface area contributed by atoms with Gasteiger partial charge in [0.1, 0.15) is 11.2 Å². The highest BCUT2D eigenvalue weighted by Gasteiger charge is 2.30. The van der Waals surface area contributed by atoms with E-state index < -0.39 is 0 Å². The molecule has 1 heterocycles. The normalized spacial score (nSPS) is 12.4. The lowest BCUT2D eigenvalue weighted by molar-refractivity contribution is 0.670. The van der Waals surface area contributed by atoms with E-state index in [9.17, 15) is 0 Å². The SMILES string of the molecule is c1ccc(N(c2c3ccccc3c3c4c2ccc2oc5cc6ccccc6c(c5c24)-c2ccccc2-3)c2ccc3ccc4cccc5ccc2c3c45)cc1. The first-order chi connectivity index (χ1) is 26.8. The van der Waals surface area contributed by atoms with E-state index in [4.69, 9.17) is 4.42 Å². The summed E-state index contributed by atoms with van der Waals surface area (Å²) >= 11 is 0. The van der Waals surface area contributed by atoms with Crippen LogP contribution in [0, 0.1) is 0 Å². The van der Waals surface area contributed by atoms with Crippen molar-refractivity contribution in [1.82, 2.24) is 0 Å². The van der Waals surface area contributed by atoms with Crippen LogP contribution < -0.4 is 4.90 Å². The Morgan fingerprint density at radius 1 is 0.333 bits per heavy atom. The van der Waals surface area contributed by atoms with Gasteiger partial charge in [-0.05, 0) is 96.2 Å². The molecule has 0 saturated carbocycles. The van der Waals surface area contributed by atoms with Crippen LogP contribution in [0.4, 0.5) is 17.1 Å². The number of fused-ring (bicyclic) bond motifs is 7. The summed E-state index contributed by atoms with van der Waals surface area (Å²) in [6.45, 7) is 0. The van der Waals surface area contributed by atoms with Crippen LogP contribution in [0.3, 0.4) is 0 Å². The predicted molar refractivity (Wildman–Crippen MR) is 229 cm³/mol. The smallest absolute Gasteiger partial charge is 0.136 e. The lowest BCUT2D eigenvalue weighted by Crippen LogP contribution is -2.12. The maximum Gasteiger partial charge on any atom is 0.136 e. The van der Waals surface area contributed by atoms with Gasteiger partial charge in [0.15, 0.2) is 0 Å². The zero-order valence-corrected chi connectivity index (χ0v) is 29.1. The van der Waals surface area contributed by atoms with Crippen molar-refractivity contribution in [1.29, 1.82) is 0 Å². The van der Waals surface area contributed by atoms with E-state index in [1.807, 2.05) is 0 Å². The Morgan fingerprint density at radius 2 is 0.944 bits per heavy atom. The number of para-hydroxylation sites is 1. The second-order valence-electron chi connectivity index (χ2n) is 14.7. The Balaban J connectivity index is 1.26. The molecule has 0 N–H and O–H groups in total. The summed E-state index contributed by atoms with van der Waals surface area (Å²) in [5, 5.41) is 17.3. The molecule has 11 aromatic carbocycles. The minimum absolute atomic E-state index is 0.915. The van der Waals surface area contributed by atoms with Crippen LogP contribution in [0.1, 0.15) is 0 Å². The Morgan fingerprint density at radius 3 is 1.76 bits per heavy atom. The summed E-state index contributed by atoms with van der Waals surface area (Å²) in [6.07, 6.45) is 0. The largest absolute Gasteiger partial charge is 0.456 e. The first kappa shape index (κ1) is 28.4. The first-order valence-corrected chi connectivity index (χ1v) is 18.7. The molecule has 0 saturated heterocycles. The predicted octanol–water partition coefficient (Wildman–Crippen LogP) is 15.1. The van der Waals surface area contributed by atoms with E-state index in [2.05, 4.69) is 181 Å². The van der Waals surface area contributed by atoms with Gasteiger partial charge in [0.2, 0.25) is 0 Å². The van der Waals surface area contributed by atoms with Crippen molar-refractivity contribution in [3.63, 3.8) is 0 Å². The third kappa shape index (κ3) is 3.55. The van der Waals surface area contributed by atoms with E-state index in [1.54, 1.807) is 0 Å². The Kier molecular flexibility index (Phi) is 5.39. The number of nitrogens with zero attached hydrogens (tertiary/aromatic N) is 1. The molecule has 2 nitrogen and oxygen atoms in total. The summed E-state index contributed by atoms with van der Waals surface area (Å²) in [7, 11) is 0. The van der Waals surface area contributed by atoms with Gasteiger partial charge in [-0.2, -0.15) is 0 Å². The van der Waals surface area contributed by atoms with Crippen LogP contribution in [0.15, 0.2) is 180 Å². The number of hydrogen-bond donors (Lipinski definition) is 0. The lowest BCUT2D eigenvalue weighted by atomic mass is 9.87. The van der Waals surface area contributed by atoms with E-state index >= 15 is 0 Å². The topological polar surface area (TPSA) is 16.4 Å². The Labute approximate surface area is 310 Å². The highest BCUT2D eigenvalue weighted by molar-refractivity contribution is 6.38. The molecule has 13 rings (SSSR count). The van der Waals surface area contributed by atoms with E-state index in [0.29, 0.717) is 0 Å². The second kappa shape index (κ2) is 10.2. The minimum Gasteiger partial charge on any atom is -0.456 e. The average molecular weight is 684 g/mol. The third-order valence-corrected chi connectivity index (χ3v) is 12.1. The van der Waals surface area contributed by atoms with Gasteiger partial charge in [0.05, 0.1) is 11.4 Å². The maximum atomic E-state index is 6.84. The van der Waals surface area contributed by atoms with E-state index in [0.717, 1.165) is 22.5 Å². The monoisotopic (exact) mass is 683 g/mol. The molecule has 0 fully saturated rings. The number of rotatable bonds is 3. The Bertz CT molecular complexity index is 3540. The molecule has 1 aliphatic carbocycles. The highest BCUT2D eigenvalue weighted by Crippen LogP contribution is 2.57. The second-order valence-corrected chi connectivity index (χ2v) is 14.7. The fourth-order valence-electron chi connectivity index (χ4n) is 9.93. The minimum atomic E-state index is 0.915. The molecule has 0 unspecified atom stereocenters. The molecule has 0 amide bonds. The van der Waals surface area contributed by atoms with E-state index in [1.165, 1.54) is 103 Å². The fourth-order valence-corrected chi connectivity index (χ4v) is 9.93. The lowest BCUT2D eigenvalue weighted by Gasteiger charge is -2.31. The van der Waals surface area contributed by atoms with Crippen molar-refractivity contribution in [2.45, 2.75) is 0 Å². The van der Waals surface area contributed by atoms with Crippen molar-refractivity contribution >= 4 is 104 Å². The van der Waals surface area contributed by atoms with Crippen molar-refractivity contribution < 1.29 is 4.42 Å². The van der Waals surface area contributed by atoms with Crippen LogP contribution in [0.5, 0.6) is 0 Å². The molecule has 0 aliphatic heterocycles. The number of hydrogen-bond acceptors (Lipinski definition) is 2. The molecule has 1 aliphatic rings. The molecule has 0 atom stereocenters. The fraction of sp³-hybridized carbons (Fsp3) is 0. The summed E-state index contributed by atoms with van der Waals surface area (Å²) < 4.78 is 6.84. The van der Waals surface area contributed by atoms with Gasteiger partial charge < -0.3 is 9.32 Å². The summed E-state index contributed by atoms with van der Waals surface area (Å²) in [5.74, 6) is 0. The molecule has 248 valence electrons. The average Bonchev–Trinajstić information content (AvgIpc) is 3.54. The van der Waals surface area contributed by atoms with Crippen LogP contribution in [0.2, 0.25) is 0 Å². The van der Waals surface area contributed by atoms with Gasteiger partial charge in [-0.15, -0.1) is 0 Å². The maximum absolute atomic E-state index is 6.84. The van der Waals surface area contributed by atoms with Gasteiger partial charge in [-0.25, -0.2) is 0 Å². The van der Waals surface area contributed by atoms with Crippen LogP contribution in [-0.4, -0.2) is 0 Å². The molecule has 1 aromatic heterocycles. The van der Waals surface area contributed by atoms with Gasteiger partial charge in [0, 0.05) is 43.6 Å². The number of benzene rings is 11. The van der Waals surface area contributed by atoms with Crippen molar-refractivity contribution in [2.75, 3.05) is 4.90 Å². The van der Waals surface area contributed by atoms with Crippen molar-refractivity contribution in [3.05, 3.63) is 176 Å². The van der Waals surface area contributed by atoms with Crippen LogP contribution >= 0.6 is 0 Å². The first-order valence-electron chi connectivity index (χ1n) is 18.7. The molecule has 2 heteroatoms. The highest BCUT2D eigenvalue weighted by atomic mass is 16.3. The molecule has 54 heavy (non-hydrogen) atoms. The summed E-state index contributed by atoms with van der Waals surface area (Å²) in [4.78, 5) is 2.52. The van der Waals surface area contributed by atoms with Crippen molar-refractivity contribution in [3.8, 4) is 22.3 Å². The molecular weight excluding hydrogens is 655 g/mol. The molecule has 0 bridgehead atoms. The zero-order chi connectivity index (χ0) is 35.1. The van der Waals surface area contributed by atoms with Gasteiger partial charge in [0.25, 0.3) is 0 Å². The Hall–Kier alpha value is -7.16. The van der Waals surface area contributed by atoms with Gasteiger partial charge in [-0.1, -0.05) is 140 Å². The summed E-state index contributed by atoms with van der Waals surface area (Å²) in [6, 6.07) is 64.9. The molecule has 0 radical (unpaired) electrons. The van der Waals surface area contributed by atoms with E-state index in [-0.39, 0.29) is 0 Å². The molecule has 12 aromatic rings. The van der Waals surface area contributed by atoms with Crippen LogP contribution in [-0.2, 0) is 0 Å². The van der Waals surface area contributed by atoms with Crippen molar-refractivity contribution in [2.24, 2.45) is 0 Å². The van der Waals surface area contributed by atoms with Crippen LogP contribution in [0.25, 0.3) is 109 Å². The molecular formula is C52H29NO. The molecule has 0 spiro atoms. The quantitative estimate of drug-likeness (QED) is 0.136. The van der Waals surface area contributed by atoms with Gasteiger partial charge >= 0.3 is 0 Å². The number of anilines is 3. The standard InChI is InChI=1S/C52H29NO/c1-2-14-34(15-3-1)53(42-27-24-32-22-21-30-12-10-13-31-23-25-40(42)46(32)45(30)31)52-39-20-9-8-19-38(39)48-37-18-7-6-17-36(37)47-35-16-5-4-11-33(35)29-44-51(47)50-43(54-44)28-26-41(52)49(48)50/h1-29H. The third-order valence-electron chi connectivity index (χ3n) is 12.1. The zero-order valence-electron chi connectivity index (χ0n) is 29.1. The van der Waals surface area contributed by atoms with Gasteiger partial charge in [-0.3, -0.25) is 0 Å². The number of furan rings is 1. The summed E-state index contributed by atoms with van der Waals surface area (Å²) in [5.41, 5.74) is 10.3.